The van der Waals surface area contributed by atoms with Gasteiger partial charge < -0.3 is 24.7 Å². The summed E-state index contributed by atoms with van der Waals surface area (Å²) in [5.74, 6) is 1.04. The fourth-order valence-electron chi connectivity index (χ4n) is 4.64. The Morgan fingerprint density at radius 2 is 1.80 bits per heavy atom. The molecule has 0 radical (unpaired) electrons. The molecule has 7 nitrogen and oxygen atoms in total. The van der Waals surface area contributed by atoms with E-state index in [9.17, 15) is 9.59 Å². The molecule has 0 bridgehead atoms. The van der Waals surface area contributed by atoms with Crippen LogP contribution in [0.25, 0.3) is 10.9 Å². The van der Waals surface area contributed by atoms with E-state index in [0.717, 1.165) is 22.0 Å². The molecule has 1 unspecified atom stereocenters. The first kappa shape index (κ1) is 29.3. The molecule has 1 aromatic heterocycles. The van der Waals surface area contributed by atoms with Gasteiger partial charge in [-0.15, -0.1) is 0 Å². The van der Waals surface area contributed by atoms with E-state index in [-0.39, 0.29) is 25.7 Å². The van der Waals surface area contributed by atoms with Crippen LogP contribution in [0.15, 0.2) is 72.9 Å². The first-order valence-electron chi connectivity index (χ1n) is 13.1. The van der Waals surface area contributed by atoms with Crippen LogP contribution in [0.3, 0.4) is 0 Å². The molecule has 0 aliphatic heterocycles. The lowest BCUT2D eigenvalue weighted by atomic mass is 10.0. The molecule has 0 fully saturated rings. The molecule has 212 valence electrons. The largest absolute Gasteiger partial charge is 0.496 e. The van der Waals surface area contributed by atoms with Gasteiger partial charge in [-0.3, -0.25) is 9.59 Å². The number of methoxy groups -OCH3 is 1. The number of nitrogens with one attached hydrogen (secondary N) is 2. The molecule has 40 heavy (non-hydrogen) atoms. The molecular weight excluding hydrogens is 549 g/mol. The number of nitrogens with zero attached hydrogens (tertiary/aromatic N) is 1. The summed E-state index contributed by atoms with van der Waals surface area (Å²) in [6.45, 7) is 2.58. The maximum atomic E-state index is 13.0. The van der Waals surface area contributed by atoms with E-state index in [1.165, 1.54) is 0 Å². The second kappa shape index (κ2) is 14.1. The number of aromatic nitrogens is 1. The Labute approximate surface area is 245 Å². The molecule has 2 amide bonds. The Balaban J connectivity index is 0.00000462. The highest BCUT2D eigenvalue weighted by Gasteiger charge is 2.21. The van der Waals surface area contributed by atoms with Gasteiger partial charge in [0.05, 0.1) is 24.8 Å². The number of carbonyl (C=O) groups is 2. The van der Waals surface area contributed by atoms with Crippen LogP contribution in [-0.2, 0) is 22.6 Å². The SMILES string of the molecule is COc1ccccc1CN(CC(Cc1c[nH]c2ccccc12)NC(=O)CCCOc1ccc(Cl)cc1Cl)C(C)=O.[HH]. The number of benzene rings is 3. The van der Waals surface area contributed by atoms with E-state index >= 15 is 0 Å². The zero-order valence-corrected chi connectivity index (χ0v) is 24.1. The molecule has 0 spiro atoms. The van der Waals surface area contributed by atoms with Crippen molar-refractivity contribution < 1.29 is 20.5 Å². The summed E-state index contributed by atoms with van der Waals surface area (Å²) in [6.07, 6.45) is 3.29. The van der Waals surface area contributed by atoms with Crippen molar-refractivity contribution in [2.24, 2.45) is 0 Å². The third-order valence-electron chi connectivity index (χ3n) is 6.65. The van der Waals surface area contributed by atoms with E-state index in [1.54, 1.807) is 37.1 Å². The van der Waals surface area contributed by atoms with Crippen LogP contribution in [-0.4, -0.2) is 48.0 Å². The molecule has 4 aromatic rings. The van der Waals surface area contributed by atoms with Gasteiger partial charge in [-0.1, -0.05) is 59.6 Å². The number of ether oxygens (including phenoxy) is 2. The second-order valence-electron chi connectivity index (χ2n) is 9.57. The standard InChI is InChI=1S/C31H33Cl2N3O4.H2/c1-21(37)36(19-22-8-3-6-11-29(22)39-2)20-25(16-23-18-34-28-10-5-4-9-26(23)28)35-31(38)12-7-15-40-30-14-13-24(32)17-27(30)33;/h3-6,8-11,13-14,17-18,25,34H,7,12,15-16,19-20H2,1-2H3,(H,35,38);1H. The predicted molar refractivity (Wildman–Crippen MR) is 161 cm³/mol. The van der Waals surface area contributed by atoms with Gasteiger partial charge in [0.2, 0.25) is 11.8 Å². The molecule has 2 N–H and O–H groups in total. The number of para-hydroxylation sites is 2. The van der Waals surface area contributed by atoms with Crippen LogP contribution >= 0.6 is 23.2 Å². The molecule has 0 aliphatic carbocycles. The lowest BCUT2D eigenvalue weighted by Crippen LogP contribution is -2.46. The molecule has 9 heteroatoms. The van der Waals surface area contributed by atoms with Crippen LogP contribution in [0.5, 0.6) is 11.5 Å². The lowest BCUT2D eigenvalue weighted by Gasteiger charge is -2.28. The Morgan fingerprint density at radius 3 is 2.58 bits per heavy atom. The third-order valence-corrected chi connectivity index (χ3v) is 7.18. The zero-order valence-electron chi connectivity index (χ0n) is 22.6. The van der Waals surface area contributed by atoms with Crippen LogP contribution in [0.1, 0.15) is 32.3 Å². The number of hydrogen-bond donors (Lipinski definition) is 2. The highest BCUT2D eigenvalue weighted by atomic mass is 35.5. The minimum atomic E-state index is -0.308. The number of carbonyl (C=O) groups excluding carboxylic acids is 2. The highest BCUT2D eigenvalue weighted by Crippen LogP contribution is 2.27. The minimum Gasteiger partial charge on any atom is -0.496 e. The van der Waals surface area contributed by atoms with Crippen LogP contribution in [0.4, 0.5) is 0 Å². The Hall–Kier alpha value is -3.68. The number of H-pyrrole nitrogens is 1. The van der Waals surface area contributed by atoms with Gasteiger partial charge in [0.25, 0.3) is 0 Å². The average Bonchev–Trinajstić information content (AvgIpc) is 3.34. The zero-order chi connectivity index (χ0) is 28.5. The van der Waals surface area contributed by atoms with Crippen molar-refractivity contribution in [2.45, 2.75) is 38.8 Å². The Kier molecular flexibility index (Phi) is 10.3. The minimum absolute atomic E-state index is 0. The van der Waals surface area contributed by atoms with E-state index in [4.69, 9.17) is 32.7 Å². The van der Waals surface area contributed by atoms with E-state index in [0.29, 0.717) is 54.1 Å². The van der Waals surface area contributed by atoms with E-state index in [1.807, 2.05) is 48.7 Å². The summed E-state index contributed by atoms with van der Waals surface area (Å²) >= 11 is 12.1. The smallest absolute Gasteiger partial charge is 0.220 e. The van der Waals surface area contributed by atoms with Gasteiger partial charge in [0.1, 0.15) is 11.5 Å². The number of aromatic amines is 1. The molecule has 0 saturated heterocycles. The summed E-state index contributed by atoms with van der Waals surface area (Å²) in [7, 11) is 1.61. The maximum absolute atomic E-state index is 13.0. The number of halogens is 2. The Morgan fingerprint density at radius 1 is 1.02 bits per heavy atom. The quantitative estimate of drug-likeness (QED) is 0.172. The molecule has 4 rings (SSSR count). The Bertz CT molecular complexity index is 1460. The summed E-state index contributed by atoms with van der Waals surface area (Å²) in [5, 5.41) is 5.21. The molecular formula is C31H35Cl2N3O4. The van der Waals surface area contributed by atoms with Crippen molar-refractivity contribution in [3.63, 3.8) is 0 Å². The molecule has 0 saturated carbocycles. The average molecular weight is 585 g/mol. The lowest BCUT2D eigenvalue weighted by molar-refractivity contribution is -0.130. The van der Waals surface area contributed by atoms with Crippen LogP contribution < -0.4 is 14.8 Å². The van der Waals surface area contributed by atoms with Gasteiger partial charge >= 0.3 is 0 Å². The third kappa shape index (κ3) is 7.93. The monoisotopic (exact) mass is 583 g/mol. The first-order valence-corrected chi connectivity index (χ1v) is 13.9. The van der Waals surface area contributed by atoms with Crippen molar-refractivity contribution >= 4 is 45.9 Å². The maximum Gasteiger partial charge on any atom is 0.220 e. The van der Waals surface area contributed by atoms with Crippen molar-refractivity contribution in [1.29, 1.82) is 0 Å². The molecule has 0 aliphatic rings. The van der Waals surface area contributed by atoms with Crippen molar-refractivity contribution in [3.8, 4) is 11.5 Å². The van der Waals surface area contributed by atoms with E-state index in [2.05, 4.69) is 16.4 Å². The highest BCUT2D eigenvalue weighted by molar-refractivity contribution is 6.35. The molecule has 1 atom stereocenters. The first-order chi connectivity index (χ1) is 19.3. The van der Waals surface area contributed by atoms with Crippen molar-refractivity contribution in [1.82, 2.24) is 15.2 Å². The number of hydrogen-bond acceptors (Lipinski definition) is 4. The van der Waals surface area contributed by atoms with Gasteiger partial charge in [-0.2, -0.15) is 0 Å². The van der Waals surface area contributed by atoms with Gasteiger partial charge in [0, 0.05) is 55.5 Å². The fourth-order valence-corrected chi connectivity index (χ4v) is 5.11. The number of amides is 2. The van der Waals surface area contributed by atoms with Gasteiger partial charge in [-0.25, -0.2) is 0 Å². The summed E-state index contributed by atoms with van der Waals surface area (Å²) in [4.78, 5) is 30.8. The second-order valence-corrected chi connectivity index (χ2v) is 10.4. The summed E-state index contributed by atoms with van der Waals surface area (Å²) in [5.41, 5.74) is 3.00. The predicted octanol–water partition coefficient (Wildman–Crippen LogP) is 6.66. The van der Waals surface area contributed by atoms with Crippen molar-refractivity contribution in [3.05, 3.63) is 94.1 Å². The van der Waals surface area contributed by atoms with Crippen molar-refractivity contribution in [2.75, 3.05) is 20.3 Å². The van der Waals surface area contributed by atoms with Gasteiger partial charge in [0.15, 0.2) is 0 Å². The van der Waals surface area contributed by atoms with Crippen LogP contribution in [0, 0.1) is 0 Å². The number of rotatable bonds is 13. The fraction of sp³-hybridized carbons (Fsp3) is 0.290. The summed E-state index contributed by atoms with van der Waals surface area (Å²) < 4.78 is 11.2. The van der Waals surface area contributed by atoms with Gasteiger partial charge in [-0.05, 0) is 48.7 Å². The molecule has 1 heterocycles. The number of fused-ring (bicyclic) bond motifs is 1. The normalized spacial score (nSPS) is 11.7. The summed E-state index contributed by atoms with van der Waals surface area (Å²) in [6, 6.07) is 20.4. The molecule has 3 aromatic carbocycles. The van der Waals surface area contributed by atoms with E-state index < -0.39 is 0 Å². The van der Waals surface area contributed by atoms with Crippen LogP contribution in [0.2, 0.25) is 10.0 Å². The topological polar surface area (TPSA) is 83.7 Å².